The highest BCUT2D eigenvalue weighted by Gasteiger charge is 2.24. The first kappa shape index (κ1) is 52.1. The van der Waals surface area contributed by atoms with E-state index in [1.54, 1.807) is 28.9 Å². The molecule has 10 aromatic heterocycles. The summed E-state index contributed by atoms with van der Waals surface area (Å²) in [6.07, 6.45) is 17.9. The Bertz CT molecular complexity index is 3960. The molecule has 0 unspecified atom stereocenters. The Hall–Kier alpha value is -8.31. The quantitative estimate of drug-likeness (QED) is 0.0676. The van der Waals surface area contributed by atoms with Gasteiger partial charge >= 0.3 is 0 Å². The van der Waals surface area contributed by atoms with Gasteiger partial charge in [-0.05, 0) is 103 Å². The van der Waals surface area contributed by atoms with E-state index in [1.807, 2.05) is 95.9 Å². The van der Waals surface area contributed by atoms with Crippen molar-refractivity contribution in [3.8, 4) is 42.5 Å². The number of aromatic nitrogens is 16. The molecule has 0 saturated carbocycles. The van der Waals surface area contributed by atoms with Crippen LogP contribution in [0.3, 0.4) is 0 Å². The number of benzene rings is 2. The zero-order valence-corrected chi connectivity index (χ0v) is 44.7. The Morgan fingerprint density at radius 2 is 1.09 bits per heavy atom. The minimum atomic E-state index is -0.580. The Labute approximate surface area is 461 Å². The molecular formula is C53H42Cl3N17O2S2. The number of Topliss-reactive ketones (excluding diaryl/α,β-unsaturated/α-hetero) is 1. The first-order valence-electron chi connectivity index (χ1n) is 23.6. The van der Waals surface area contributed by atoms with Crippen molar-refractivity contribution in [2.24, 2.45) is 5.73 Å². The highest BCUT2D eigenvalue weighted by atomic mass is 35.5. The van der Waals surface area contributed by atoms with Crippen LogP contribution in [0.15, 0.2) is 135 Å². The van der Waals surface area contributed by atoms with Crippen molar-refractivity contribution in [3.05, 3.63) is 201 Å². The van der Waals surface area contributed by atoms with Crippen LogP contribution in [0.2, 0.25) is 10.0 Å². The number of nitrogens with zero attached hydrogens (tertiary/aromatic N) is 14. The second-order valence-electron chi connectivity index (χ2n) is 17.1. The third-order valence-electron chi connectivity index (χ3n) is 11.9. The Morgan fingerprint density at radius 3 is 1.52 bits per heavy atom. The predicted octanol–water partition coefficient (Wildman–Crippen LogP) is 10.5. The number of fused-ring (bicyclic) bond motifs is 2. The number of pyridine rings is 2. The number of nitrogens with two attached hydrogens (primary N) is 1. The lowest BCUT2D eigenvalue weighted by molar-refractivity contribution is 0.0977. The molecule has 2 aromatic carbocycles. The second kappa shape index (κ2) is 23.7. The summed E-state index contributed by atoms with van der Waals surface area (Å²) in [6, 6.07) is 23.7. The molecule has 77 heavy (non-hydrogen) atoms. The van der Waals surface area contributed by atoms with Gasteiger partial charge in [0.2, 0.25) is 0 Å². The molecule has 0 atom stereocenters. The average molecular weight is 1120 g/mol. The monoisotopic (exact) mass is 1120 g/mol. The Balaban J connectivity index is 0.000000153. The lowest BCUT2D eigenvalue weighted by Crippen LogP contribution is -2.04. The van der Waals surface area contributed by atoms with E-state index >= 15 is 0 Å². The first-order valence-corrected chi connectivity index (χ1v) is 26.4. The fraction of sp³-hybridized carbons (Fsp3) is 0.132. The summed E-state index contributed by atoms with van der Waals surface area (Å²) in [6.45, 7) is 4.45. The summed E-state index contributed by atoms with van der Waals surface area (Å²) in [5, 5.41) is 25.9. The molecule has 0 saturated heterocycles. The van der Waals surface area contributed by atoms with Crippen LogP contribution in [0.1, 0.15) is 72.4 Å². The van der Waals surface area contributed by atoms with Gasteiger partial charge in [0.15, 0.2) is 17.4 Å². The van der Waals surface area contributed by atoms with Gasteiger partial charge in [0, 0.05) is 73.0 Å². The molecule has 0 aliphatic heterocycles. The van der Waals surface area contributed by atoms with E-state index in [4.69, 9.17) is 55.6 Å². The highest BCUT2D eigenvalue weighted by Crippen LogP contribution is 2.40. The molecule has 0 aliphatic carbocycles. The van der Waals surface area contributed by atoms with Crippen molar-refractivity contribution in [1.29, 1.82) is 0 Å². The number of carbonyl (C=O) groups is 2. The highest BCUT2D eigenvalue weighted by molar-refractivity contribution is 7.19. The fourth-order valence-electron chi connectivity index (χ4n) is 8.20. The van der Waals surface area contributed by atoms with E-state index in [2.05, 4.69) is 67.5 Å². The molecule has 19 nitrogen and oxygen atoms in total. The van der Waals surface area contributed by atoms with Crippen LogP contribution in [0.4, 0.5) is 0 Å². The summed E-state index contributed by atoms with van der Waals surface area (Å²) in [5.74, 6) is 1.35. The Morgan fingerprint density at radius 1 is 0.610 bits per heavy atom. The molecule has 10 heterocycles. The smallest absolute Gasteiger partial charge is 0.272 e. The van der Waals surface area contributed by atoms with Crippen LogP contribution in [-0.2, 0) is 25.8 Å². The lowest BCUT2D eigenvalue weighted by atomic mass is 10.1. The van der Waals surface area contributed by atoms with E-state index in [9.17, 15) is 9.59 Å². The number of nitrogens with one attached hydrogen (secondary N) is 2. The van der Waals surface area contributed by atoms with E-state index in [-0.39, 0.29) is 11.5 Å². The topological polar surface area (TPSA) is 255 Å². The third kappa shape index (κ3) is 12.2. The van der Waals surface area contributed by atoms with Gasteiger partial charge in [0.05, 0.1) is 67.1 Å². The van der Waals surface area contributed by atoms with E-state index < -0.39 is 5.24 Å². The number of aryl methyl sites for hydroxylation is 3. The van der Waals surface area contributed by atoms with Crippen molar-refractivity contribution < 1.29 is 9.59 Å². The zero-order valence-electron chi connectivity index (χ0n) is 40.8. The van der Waals surface area contributed by atoms with Crippen molar-refractivity contribution in [2.75, 3.05) is 0 Å². The Kier molecular flexibility index (Phi) is 16.1. The van der Waals surface area contributed by atoms with Crippen LogP contribution in [0.25, 0.3) is 53.6 Å². The van der Waals surface area contributed by atoms with Crippen LogP contribution in [0, 0.1) is 13.8 Å². The minimum Gasteiger partial charge on any atom is -0.326 e. The maximum absolute atomic E-state index is 12.5. The number of ketones is 1. The van der Waals surface area contributed by atoms with Crippen molar-refractivity contribution in [1.82, 2.24) is 79.5 Å². The summed E-state index contributed by atoms with van der Waals surface area (Å²) in [4.78, 5) is 58.9. The number of thiazole rings is 2. The summed E-state index contributed by atoms with van der Waals surface area (Å²) < 4.78 is 3.73. The molecule has 0 fully saturated rings. The molecule has 0 aliphatic rings. The summed E-state index contributed by atoms with van der Waals surface area (Å²) in [7, 11) is 0. The largest absolute Gasteiger partial charge is 0.326 e. The van der Waals surface area contributed by atoms with Gasteiger partial charge in [-0.15, -0.1) is 22.7 Å². The maximum atomic E-state index is 12.5. The standard InChI is InChI=1S/C27H21ClN8OS.C21H18ClN7S.C5H3ClN2O/c1-16-24(22-13-18(8-11-36(22)35-16)4-7-23(37)21-14-29-9-10-30-21)27-33-20(12-17-2-5-19(28)6-3-17)25(38-27)26-31-15-32-34-26;1-12-18(17-9-14(10-23)6-7-29(17)28-12)21-26-16(8-13-2-4-15(22)5-3-13)19(30-21)20-24-11-25-27-20;6-5(9)4-3-7-1-2-8-4/h2-3,5-6,8-11,13-15H,4,7,12H2,1H3,(H,31,32,34);2-7,9,11H,8,10,23H2,1H3,(H,24,25,27);1-3H. The van der Waals surface area contributed by atoms with Crippen LogP contribution in [0.5, 0.6) is 0 Å². The number of hydrogen-bond donors (Lipinski definition) is 3. The number of H-pyrrole nitrogens is 2. The van der Waals surface area contributed by atoms with Gasteiger partial charge in [-0.3, -0.25) is 29.8 Å². The summed E-state index contributed by atoms with van der Waals surface area (Å²) in [5.41, 5.74) is 18.2. The van der Waals surface area contributed by atoms with Gasteiger partial charge in [-0.2, -0.15) is 20.4 Å². The summed E-state index contributed by atoms with van der Waals surface area (Å²) >= 11 is 20.3. The van der Waals surface area contributed by atoms with Crippen LogP contribution < -0.4 is 5.73 Å². The van der Waals surface area contributed by atoms with E-state index in [0.717, 1.165) is 87.0 Å². The molecule has 12 rings (SSSR count). The van der Waals surface area contributed by atoms with Crippen LogP contribution in [-0.4, -0.2) is 90.5 Å². The molecule has 4 N–H and O–H groups in total. The van der Waals surface area contributed by atoms with Gasteiger partial charge in [-0.1, -0.05) is 47.5 Å². The van der Waals surface area contributed by atoms with Crippen molar-refractivity contribution in [3.63, 3.8) is 0 Å². The minimum absolute atomic E-state index is 0.0358. The number of carbonyl (C=O) groups excluding carboxylic acids is 2. The van der Waals surface area contributed by atoms with Gasteiger partial charge in [0.1, 0.15) is 34.1 Å². The third-order valence-corrected chi connectivity index (χ3v) is 14.8. The number of rotatable bonds is 14. The van der Waals surface area contributed by atoms with Crippen LogP contribution >= 0.6 is 57.5 Å². The van der Waals surface area contributed by atoms with Gasteiger partial charge in [0.25, 0.3) is 5.24 Å². The molecule has 0 bridgehead atoms. The van der Waals surface area contributed by atoms with Gasteiger partial charge in [-0.25, -0.2) is 38.9 Å². The van der Waals surface area contributed by atoms with Crippen molar-refractivity contribution in [2.45, 2.75) is 46.1 Å². The zero-order chi connectivity index (χ0) is 53.4. The maximum Gasteiger partial charge on any atom is 0.272 e. The molecule has 12 aromatic rings. The molecule has 0 spiro atoms. The van der Waals surface area contributed by atoms with E-state index in [0.29, 0.717) is 59.6 Å². The van der Waals surface area contributed by atoms with Gasteiger partial charge < -0.3 is 5.73 Å². The molecule has 24 heteroatoms. The second-order valence-corrected chi connectivity index (χ2v) is 20.3. The lowest BCUT2D eigenvalue weighted by Gasteiger charge is -2.03. The normalized spacial score (nSPS) is 11.1. The molecule has 0 amide bonds. The SMILES string of the molecule is Cc1nn2ccc(CCC(=O)c3cnccn3)cc2c1-c1nc(Cc2ccc(Cl)cc2)c(-c2ncn[nH]2)s1.Cc1nn2ccc(CN)cc2c1-c1nc(Cc2ccc(Cl)cc2)c(-c2ncn[nH]2)s1.O=C(Cl)c1cnccn1. The van der Waals surface area contributed by atoms with Crippen molar-refractivity contribution >= 4 is 79.5 Å². The van der Waals surface area contributed by atoms with E-state index in [1.165, 1.54) is 43.6 Å². The first-order chi connectivity index (χ1) is 37.5. The molecule has 0 radical (unpaired) electrons. The fourth-order valence-corrected chi connectivity index (χ4v) is 10.8. The molecular weight excluding hydrogens is 1080 g/mol. The number of hydrogen-bond acceptors (Lipinski definition) is 17. The number of aromatic amines is 2. The predicted molar refractivity (Wildman–Crippen MR) is 296 cm³/mol. The molecule has 384 valence electrons. The number of halogens is 3. The average Bonchev–Trinajstić information content (AvgIpc) is 4.43.